The molecule has 1 saturated carbocycles. The van der Waals surface area contributed by atoms with Crippen molar-refractivity contribution in [3.63, 3.8) is 0 Å². The average molecular weight is 266 g/mol. The van der Waals surface area contributed by atoms with Gasteiger partial charge < -0.3 is 5.32 Å². The third kappa shape index (κ3) is 6.48. The van der Waals surface area contributed by atoms with Gasteiger partial charge in [-0.05, 0) is 43.6 Å². The molecule has 0 spiro atoms. The minimum Gasteiger partial charge on any atom is -0.356 e. The first kappa shape index (κ1) is 15.8. The lowest BCUT2D eigenvalue weighted by Crippen LogP contribution is -2.34. The van der Waals surface area contributed by atoms with Gasteiger partial charge in [0, 0.05) is 23.9 Å². The van der Waals surface area contributed by atoms with Crippen LogP contribution in [0.2, 0.25) is 0 Å². The van der Waals surface area contributed by atoms with Gasteiger partial charge in [-0.15, -0.1) is 0 Å². The number of hydrogen-bond donors (Lipinski definition) is 1. The standard InChI is InChI=1S/C14H26N4O/c1-2-3-5-12-6-8-13(9-7-12)14(19)16-10-4-11-17-18-15/h12-13H,2-11H2,1H3,(H,16,19). The van der Waals surface area contributed by atoms with Crippen LogP contribution in [-0.2, 0) is 4.79 Å². The number of hydrogen-bond acceptors (Lipinski definition) is 2. The van der Waals surface area contributed by atoms with Crippen molar-refractivity contribution in [1.29, 1.82) is 0 Å². The van der Waals surface area contributed by atoms with Crippen LogP contribution >= 0.6 is 0 Å². The summed E-state index contributed by atoms with van der Waals surface area (Å²) in [6.07, 6.45) is 9.13. The quantitative estimate of drug-likeness (QED) is 0.308. The summed E-state index contributed by atoms with van der Waals surface area (Å²) in [6.45, 7) is 3.31. The minimum atomic E-state index is 0.190. The van der Waals surface area contributed by atoms with Crippen LogP contribution in [0.1, 0.15) is 58.3 Å². The molecule has 0 radical (unpaired) electrons. The summed E-state index contributed by atoms with van der Waals surface area (Å²) in [5.41, 5.74) is 8.14. The molecule has 0 bridgehead atoms. The summed E-state index contributed by atoms with van der Waals surface area (Å²) in [5, 5.41) is 6.40. The Hall–Kier alpha value is -1.22. The summed E-state index contributed by atoms with van der Waals surface area (Å²) < 4.78 is 0. The van der Waals surface area contributed by atoms with Gasteiger partial charge in [-0.2, -0.15) is 0 Å². The summed E-state index contributed by atoms with van der Waals surface area (Å²) in [4.78, 5) is 14.6. The minimum absolute atomic E-state index is 0.190. The summed E-state index contributed by atoms with van der Waals surface area (Å²) in [6, 6.07) is 0. The van der Waals surface area contributed by atoms with Gasteiger partial charge in [0.25, 0.3) is 0 Å². The van der Waals surface area contributed by atoms with Gasteiger partial charge in [-0.1, -0.05) is 31.3 Å². The van der Waals surface area contributed by atoms with E-state index in [4.69, 9.17) is 5.53 Å². The zero-order chi connectivity index (χ0) is 13.9. The van der Waals surface area contributed by atoms with Gasteiger partial charge in [-0.3, -0.25) is 4.79 Å². The lowest BCUT2D eigenvalue weighted by molar-refractivity contribution is -0.126. The highest BCUT2D eigenvalue weighted by atomic mass is 16.1. The van der Waals surface area contributed by atoms with E-state index in [2.05, 4.69) is 22.3 Å². The Morgan fingerprint density at radius 3 is 2.68 bits per heavy atom. The zero-order valence-corrected chi connectivity index (χ0v) is 12.0. The van der Waals surface area contributed by atoms with E-state index >= 15 is 0 Å². The number of unbranched alkanes of at least 4 members (excludes halogenated alkanes) is 1. The molecule has 1 aliphatic carbocycles. The van der Waals surface area contributed by atoms with Crippen LogP contribution in [0.15, 0.2) is 5.11 Å². The first-order valence-corrected chi connectivity index (χ1v) is 7.56. The lowest BCUT2D eigenvalue weighted by atomic mass is 9.79. The Morgan fingerprint density at radius 2 is 2.05 bits per heavy atom. The number of amides is 1. The third-order valence-corrected chi connectivity index (χ3v) is 3.98. The Bertz CT molecular complexity index is 305. The number of nitrogens with zero attached hydrogens (tertiary/aromatic N) is 3. The Labute approximate surface area is 115 Å². The maximum Gasteiger partial charge on any atom is 0.223 e. The van der Waals surface area contributed by atoms with Crippen molar-refractivity contribution in [3.05, 3.63) is 10.4 Å². The van der Waals surface area contributed by atoms with Crippen molar-refractivity contribution < 1.29 is 4.79 Å². The fourth-order valence-corrected chi connectivity index (χ4v) is 2.76. The van der Waals surface area contributed by atoms with E-state index in [1.165, 1.54) is 32.1 Å². The fraction of sp³-hybridized carbons (Fsp3) is 0.929. The highest BCUT2D eigenvalue weighted by molar-refractivity contribution is 5.78. The normalized spacial score (nSPS) is 22.6. The maximum absolute atomic E-state index is 11.9. The van der Waals surface area contributed by atoms with E-state index in [1.54, 1.807) is 0 Å². The molecular formula is C14H26N4O. The third-order valence-electron chi connectivity index (χ3n) is 3.98. The zero-order valence-electron chi connectivity index (χ0n) is 12.0. The largest absolute Gasteiger partial charge is 0.356 e. The smallest absolute Gasteiger partial charge is 0.223 e. The summed E-state index contributed by atoms with van der Waals surface area (Å²) in [7, 11) is 0. The lowest BCUT2D eigenvalue weighted by Gasteiger charge is -2.27. The highest BCUT2D eigenvalue weighted by Gasteiger charge is 2.25. The predicted octanol–water partition coefficient (Wildman–Crippen LogP) is 3.80. The molecule has 5 heteroatoms. The molecule has 19 heavy (non-hydrogen) atoms. The van der Waals surface area contributed by atoms with Gasteiger partial charge >= 0.3 is 0 Å². The molecule has 0 aromatic rings. The first-order valence-electron chi connectivity index (χ1n) is 7.56. The molecule has 108 valence electrons. The molecule has 0 saturated heterocycles. The SMILES string of the molecule is CCCCC1CCC(C(=O)NCCCN=[N+]=[N-])CC1. The second-order valence-corrected chi connectivity index (χ2v) is 5.46. The average Bonchev–Trinajstić information content (AvgIpc) is 2.45. The molecular weight excluding hydrogens is 240 g/mol. The van der Waals surface area contributed by atoms with E-state index in [9.17, 15) is 4.79 Å². The monoisotopic (exact) mass is 266 g/mol. The first-order chi connectivity index (χ1) is 9.27. The summed E-state index contributed by atoms with van der Waals surface area (Å²) >= 11 is 0. The van der Waals surface area contributed by atoms with Crippen molar-refractivity contribution in [3.8, 4) is 0 Å². The van der Waals surface area contributed by atoms with E-state index in [0.29, 0.717) is 13.1 Å². The molecule has 0 heterocycles. The topological polar surface area (TPSA) is 77.9 Å². The van der Waals surface area contributed by atoms with E-state index in [1.807, 2.05) is 0 Å². The van der Waals surface area contributed by atoms with E-state index in [-0.39, 0.29) is 11.8 Å². The van der Waals surface area contributed by atoms with Gasteiger partial charge in [0.05, 0.1) is 0 Å². The van der Waals surface area contributed by atoms with E-state index < -0.39 is 0 Å². The van der Waals surface area contributed by atoms with Crippen LogP contribution in [0.25, 0.3) is 10.4 Å². The van der Waals surface area contributed by atoms with Crippen LogP contribution in [-0.4, -0.2) is 19.0 Å². The van der Waals surface area contributed by atoms with Crippen LogP contribution in [0.4, 0.5) is 0 Å². The van der Waals surface area contributed by atoms with Crippen molar-refractivity contribution in [2.75, 3.05) is 13.1 Å². The molecule has 1 rings (SSSR count). The molecule has 1 fully saturated rings. The number of azide groups is 1. The van der Waals surface area contributed by atoms with Crippen LogP contribution in [0.5, 0.6) is 0 Å². The number of carbonyl (C=O) groups is 1. The van der Waals surface area contributed by atoms with Gasteiger partial charge in [0.2, 0.25) is 5.91 Å². The van der Waals surface area contributed by atoms with Gasteiger partial charge in [-0.25, -0.2) is 0 Å². The Morgan fingerprint density at radius 1 is 1.32 bits per heavy atom. The molecule has 0 atom stereocenters. The highest BCUT2D eigenvalue weighted by Crippen LogP contribution is 2.31. The molecule has 0 unspecified atom stereocenters. The molecule has 1 aliphatic rings. The Balaban J connectivity index is 2.12. The van der Waals surface area contributed by atoms with Crippen molar-refractivity contribution >= 4 is 5.91 Å². The fourth-order valence-electron chi connectivity index (χ4n) is 2.76. The van der Waals surface area contributed by atoms with E-state index in [0.717, 1.165) is 25.2 Å². The molecule has 5 nitrogen and oxygen atoms in total. The number of nitrogens with one attached hydrogen (secondary N) is 1. The second-order valence-electron chi connectivity index (χ2n) is 5.46. The number of carbonyl (C=O) groups excluding carboxylic acids is 1. The predicted molar refractivity (Wildman–Crippen MR) is 76.6 cm³/mol. The number of rotatable bonds is 8. The Kier molecular flexibility index (Phi) is 8.07. The molecule has 0 aliphatic heterocycles. The molecule has 1 amide bonds. The van der Waals surface area contributed by atoms with Gasteiger partial charge in [0.1, 0.15) is 0 Å². The van der Waals surface area contributed by atoms with Crippen molar-refractivity contribution in [2.45, 2.75) is 58.3 Å². The van der Waals surface area contributed by atoms with Crippen molar-refractivity contribution in [2.24, 2.45) is 17.0 Å². The van der Waals surface area contributed by atoms with Crippen molar-refractivity contribution in [1.82, 2.24) is 5.32 Å². The second kappa shape index (κ2) is 9.68. The molecule has 1 N–H and O–H groups in total. The molecule has 0 aromatic carbocycles. The van der Waals surface area contributed by atoms with Gasteiger partial charge in [0.15, 0.2) is 0 Å². The summed E-state index contributed by atoms with van der Waals surface area (Å²) in [5.74, 6) is 1.24. The van der Waals surface area contributed by atoms with Crippen LogP contribution in [0.3, 0.4) is 0 Å². The van der Waals surface area contributed by atoms with Crippen LogP contribution < -0.4 is 5.32 Å². The maximum atomic E-state index is 11.9. The molecule has 0 aromatic heterocycles. The van der Waals surface area contributed by atoms with Crippen LogP contribution in [0, 0.1) is 11.8 Å².